The Labute approximate surface area is 297 Å². The molecule has 0 aliphatic carbocycles. The zero-order valence-corrected chi connectivity index (χ0v) is 28.6. The van der Waals surface area contributed by atoms with Gasteiger partial charge in [0, 0.05) is 10.8 Å². The molecule has 1 aromatic heterocycles. The Balaban J connectivity index is 1.13. The summed E-state index contributed by atoms with van der Waals surface area (Å²) in [6.07, 6.45) is 3.60. The maximum absolute atomic E-state index is 6.36. The van der Waals surface area contributed by atoms with E-state index in [0.717, 1.165) is 33.9 Å². The molecular formula is C50H36O. The van der Waals surface area contributed by atoms with Gasteiger partial charge in [-0.3, -0.25) is 0 Å². The monoisotopic (exact) mass is 652 g/mol. The van der Waals surface area contributed by atoms with Crippen LogP contribution in [0.2, 0.25) is 0 Å². The molecule has 1 heterocycles. The highest BCUT2D eigenvalue weighted by molar-refractivity contribution is 6.24. The summed E-state index contributed by atoms with van der Waals surface area (Å²) in [6.45, 7) is 2.26. The summed E-state index contributed by atoms with van der Waals surface area (Å²) in [4.78, 5) is 0. The lowest BCUT2D eigenvalue weighted by molar-refractivity contribution is 0.669. The normalized spacial score (nSPS) is 11.9. The van der Waals surface area contributed by atoms with Gasteiger partial charge in [-0.1, -0.05) is 147 Å². The van der Waals surface area contributed by atoms with Crippen molar-refractivity contribution in [2.75, 3.05) is 0 Å². The van der Waals surface area contributed by atoms with Gasteiger partial charge in [0.05, 0.1) is 0 Å². The van der Waals surface area contributed by atoms with Gasteiger partial charge in [0.25, 0.3) is 0 Å². The van der Waals surface area contributed by atoms with Crippen molar-refractivity contribution in [3.05, 3.63) is 169 Å². The highest BCUT2D eigenvalue weighted by atomic mass is 16.3. The molecular weight excluding hydrogens is 617 g/mol. The lowest BCUT2D eigenvalue weighted by atomic mass is 9.84. The number of fused-ring (bicyclic) bond motifs is 7. The SMILES string of the molecule is CCCCc1ccc2cc(-c3ccc4c(-c5c6ccccc6c(-c6ccc7c(c6)oc6ccccc67)c6ccccc56)cccc4c3)ccc2c1. The number of aryl methyl sites for hydroxylation is 1. The molecule has 242 valence electrons. The Morgan fingerprint density at radius 2 is 0.980 bits per heavy atom. The van der Waals surface area contributed by atoms with Crippen LogP contribution in [0.15, 0.2) is 168 Å². The van der Waals surface area contributed by atoms with Crippen molar-refractivity contribution in [1.82, 2.24) is 0 Å². The summed E-state index contributed by atoms with van der Waals surface area (Å²) in [6, 6.07) is 60.4. The molecule has 0 saturated heterocycles. The first-order valence-corrected chi connectivity index (χ1v) is 18.1. The minimum atomic E-state index is 0.916. The van der Waals surface area contributed by atoms with Gasteiger partial charge in [-0.05, 0) is 125 Å². The first kappa shape index (κ1) is 29.7. The highest BCUT2D eigenvalue weighted by Gasteiger charge is 2.19. The third-order valence-corrected chi connectivity index (χ3v) is 10.8. The van der Waals surface area contributed by atoms with Crippen LogP contribution < -0.4 is 0 Å². The van der Waals surface area contributed by atoms with Crippen molar-refractivity contribution in [2.24, 2.45) is 0 Å². The number of furan rings is 1. The highest BCUT2D eigenvalue weighted by Crippen LogP contribution is 2.46. The first-order valence-electron chi connectivity index (χ1n) is 18.1. The third kappa shape index (κ3) is 4.92. The summed E-state index contributed by atoms with van der Waals surface area (Å²) >= 11 is 0. The number of benzene rings is 9. The molecule has 0 N–H and O–H groups in total. The molecule has 0 aliphatic heterocycles. The van der Waals surface area contributed by atoms with E-state index in [2.05, 4.69) is 159 Å². The quantitative estimate of drug-likeness (QED) is 0.163. The molecule has 0 spiro atoms. The van der Waals surface area contributed by atoms with Crippen molar-refractivity contribution in [1.29, 1.82) is 0 Å². The molecule has 51 heavy (non-hydrogen) atoms. The Morgan fingerprint density at radius 1 is 0.392 bits per heavy atom. The Morgan fingerprint density at radius 3 is 1.75 bits per heavy atom. The number of unbranched alkanes of at least 4 members (excludes halogenated alkanes) is 1. The van der Waals surface area contributed by atoms with E-state index >= 15 is 0 Å². The lowest BCUT2D eigenvalue weighted by Gasteiger charge is -2.19. The van der Waals surface area contributed by atoms with Crippen LogP contribution in [0.3, 0.4) is 0 Å². The third-order valence-electron chi connectivity index (χ3n) is 10.8. The second kappa shape index (κ2) is 12.0. The fraction of sp³-hybridized carbons (Fsp3) is 0.0800. The number of hydrogen-bond acceptors (Lipinski definition) is 1. The van der Waals surface area contributed by atoms with E-state index in [0.29, 0.717) is 0 Å². The molecule has 0 unspecified atom stereocenters. The van der Waals surface area contributed by atoms with Crippen molar-refractivity contribution in [2.45, 2.75) is 26.2 Å². The minimum Gasteiger partial charge on any atom is -0.456 e. The number of hydrogen-bond donors (Lipinski definition) is 0. The van der Waals surface area contributed by atoms with Gasteiger partial charge in [0.1, 0.15) is 11.2 Å². The second-order valence-electron chi connectivity index (χ2n) is 13.9. The molecule has 10 aromatic rings. The van der Waals surface area contributed by atoms with Gasteiger partial charge in [-0.2, -0.15) is 0 Å². The molecule has 1 heteroatoms. The number of para-hydroxylation sites is 1. The predicted molar refractivity (Wildman–Crippen MR) is 219 cm³/mol. The molecule has 0 bridgehead atoms. The van der Waals surface area contributed by atoms with E-state index in [1.165, 1.54) is 89.3 Å². The van der Waals surface area contributed by atoms with Crippen molar-refractivity contribution < 1.29 is 4.42 Å². The average Bonchev–Trinajstić information content (AvgIpc) is 3.56. The average molecular weight is 653 g/mol. The smallest absolute Gasteiger partial charge is 0.136 e. The summed E-state index contributed by atoms with van der Waals surface area (Å²) < 4.78 is 6.36. The molecule has 0 fully saturated rings. The first-order chi connectivity index (χ1) is 25.2. The van der Waals surface area contributed by atoms with E-state index in [-0.39, 0.29) is 0 Å². The minimum absolute atomic E-state index is 0.916. The van der Waals surface area contributed by atoms with Crippen LogP contribution >= 0.6 is 0 Å². The topological polar surface area (TPSA) is 13.1 Å². The maximum atomic E-state index is 6.36. The predicted octanol–water partition coefficient (Wildman–Crippen LogP) is 14.5. The van der Waals surface area contributed by atoms with Gasteiger partial charge in [0.15, 0.2) is 0 Å². The molecule has 0 radical (unpaired) electrons. The fourth-order valence-electron chi connectivity index (χ4n) is 8.30. The van der Waals surface area contributed by atoms with Crippen LogP contribution in [0.25, 0.3) is 98.4 Å². The van der Waals surface area contributed by atoms with E-state index in [1.54, 1.807) is 0 Å². The zero-order valence-electron chi connectivity index (χ0n) is 28.6. The largest absolute Gasteiger partial charge is 0.456 e. The Hall–Kier alpha value is -6.18. The molecule has 0 atom stereocenters. The Kier molecular flexibility index (Phi) is 6.99. The second-order valence-corrected chi connectivity index (χ2v) is 13.9. The molecule has 1 nitrogen and oxygen atoms in total. The van der Waals surface area contributed by atoms with Crippen LogP contribution in [0.1, 0.15) is 25.3 Å². The van der Waals surface area contributed by atoms with Crippen molar-refractivity contribution >= 4 is 65.0 Å². The molecule has 10 rings (SSSR count). The van der Waals surface area contributed by atoms with Gasteiger partial charge in [-0.15, -0.1) is 0 Å². The van der Waals surface area contributed by atoms with Crippen molar-refractivity contribution in [3.63, 3.8) is 0 Å². The zero-order chi connectivity index (χ0) is 33.9. The van der Waals surface area contributed by atoms with Crippen LogP contribution in [0.4, 0.5) is 0 Å². The van der Waals surface area contributed by atoms with E-state index in [9.17, 15) is 0 Å². The van der Waals surface area contributed by atoms with E-state index in [1.807, 2.05) is 12.1 Å². The van der Waals surface area contributed by atoms with Gasteiger partial charge in [0.2, 0.25) is 0 Å². The lowest BCUT2D eigenvalue weighted by Crippen LogP contribution is -1.92. The summed E-state index contributed by atoms with van der Waals surface area (Å²) in [5.41, 5.74) is 10.7. The van der Waals surface area contributed by atoms with Gasteiger partial charge in [-0.25, -0.2) is 0 Å². The van der Waals surface area contributed by atoms with Crippen LogP contribution in [0, 0.1) is 0 Å². The molecule has 0 aliphatic rings. The van der Waals surface area contributed by atoms with E-state index in [4.69, 9.17) is 4.42 Å². The molecule has 9 aromatic carbocycles. The van der Waals surface area contributed by atoms with E-state index < -0.39 is 0 Å². The molecule has 0 saturated carbocycles. The summed E-state index contributed by atoms with van der Waals surface area (Å²) in [5, 5.41) is 12.4. The summed E-state index contributed by atoms with van der Waals surface area (Å²) in [5.74, 6) is 0. The van der Waals surface area contributed by atoms with Gasteiger partial charge < -0.3 is 4.42 Å². The standard InChI is InChI=1S/C50H36O/c1-2-3-11-32-20-21-34-29-35(23-22-33(34)28-32)36-24-26-39-37(30-36)12-10-18-42(39)50-45-16-6-4-14-43(45)49(44-15-5-7-17-46(44)50)38-25-27-41-40-13-8-9-19-47(40)51-48(41)31-38/h4-10,12-31H,2-3,11H2,1H3. The van der Waals surface area contributed by atoms with Crippen LogP contribution in [-0.4, -0.2) is 0 Å². The Bertz CT molecular complexity index is 2900. The maximum Gasteiger partial charge on any atom is 0.136 e. The van der Waals surface area contributed by atoms with Crippen LogP contribution in [-0.2, 0) is 6.42 Å². The summed E-state index contributed by atoms with van der Waals surface area (Å²) in [7, 11) is 0. The van der Waals surface area contributed by atoms with Crippen LogP contribution in [0.5, 0.6) is 0 Å². The molecule has 0 amide bonds. The number of rotatable bonds is 6. The fourth-order valence-corrected chi connectivity index (χ4v) is 8.30. The van der Waals surface area contributed by atoms with Gasteiger partial charge >= 0.3 is 0 Å². The van der Waals surface area contributed by atoms with Crippen molar-refractivity contribution in [3.8, 4) is 33.4 Å².